The number of nitrogens with zero attached hydrogens (tertiary/aromatic N) is 3. The van der Waals surface area contributed by atoms with Crippen LogP contribution in [0.4, 0.5) is 0 Å². The molecule has 0 atom stereocenters. The molecule has 0 bridgehead atoms. The van der Waals surface area contributed by atoms with Gasteiger partial charge in [-0.25, -0.2) is 15.0 Å². The Morgan fingerprint density at radius 3 is 2.76 bits per heavy atom. The Morgan fingerprint density at radius 1 is 1.00 bits per heavy atom. The van der Waals surface area contributed by atoms with Gasteiger partial charge in [0.25, 0.3) is 0 Å². The molecule has 5 nitrogen and oxygen atoms in total. The van der Waals surface area contributed by atoms with Crippen LogP contribution in [-0.4, -0.2) is 19.9 Å². The molecule has 3 aromatic heterocycles. The third kappa shape index (κ3) is 2.46. The van der Waals surface area contributed by atoms with Crippen molar-refractivity contribution in [1.29, 1.82) is 0 Å². The van der Waals surface area contributed by atoms with Crippen molar-refractivity contribution in [3.05, 3.63) is 60.2 Å². The van der Waals surface area contributed by atoms with Gasteiger partial charge in [0.05, 0.1) is 16.8 Å². The molecule has 1 N–H and O–H groups in total. The largest absolute Gasteiger partial charge is 0.451 e. The van der Waals surface area contributed by atoms with Gasteiger partial charge < -0.3 is 9.40 Å². The Hall–Kier alpha value is -2.86. The third-order valence-corrected chi connectivity index (χ3v) is 5.05. The number of rotatable bonds is 3. The Kier molecular flexibility index (Phi) is 3.24. The van der Waals surface area contributed by atoms with Crippen LogP contribution in [-0.2, 0) is 5.75 Å². The molecule has 6 heteroatoms. The molecule has 0 aliphatic carbocycles. The van der Waals surface area contributed by atoms with E-state index < -0.39 is 0 Å². The van der Waals surface area contributed by atoms with E-state index in [1.54, 1.807) is 11.8 Å². The summed E-state index contributed by atoms with van der Waals surface area (Å²) in [6.45, 7) is 1.91. The van der Waals surface area contributed by atoms with Crippen LogP contribution in [0.25, 0.3) is 33.1 Å². The van der Waals surface area contributed by atoms with Crippen LogP contribution in [0.15, 0.2) is 58.0 Å². The van der Waals surface area contributed by atoms with Gasteiger partial charge >= 0.3 is 0 Å². The number of thioether (sulfide) groups is 1. The van der Waals surface area contributed by atoms with E-state index in [2.05, 4.69) is 19.9 Å². The summed E-state index contributed by atoms with van der Waals surface area (Å²) in [4.78, 5) is 17.1. The lowest BCUT2D eigenvalue weighted by molar-refractivity contribution is 0.652. The van der Waals surface area contributed by atoms with Crippen molar-refractivity contribution >= 4 is 44.9 Å². The molecule has 0 unspecified atom stereocenters. The number of aromatic nitrogens is 4. The molecule has 0 aliphatic heterocycles. The van der Waals surface area contributed by atoms with Crippen molar-refractivity contribution in [2.45, 2.75) is 17.7 Å². The molecule has 2 aromatic carbocycles. The number of aryl methyl sites for hydroxylation is 1. The van der Waals surface area contributed by atoms with Crippen molar-refractivity contribution in [3.63, 3.8) is 0 Å². The fraction of sp³-hybridized carbons (Fsp3) is 0.105. The molecular formula is C19H14N4OS. The third-order valence-electron chi connectivity index (χ3n) is 4.08. The second-order valence-corrected chi connectivity index (χ2v) is 6.81. The number of benzene rings is 2. The number of hydrogen-bond acceptors (Lipinski definition) is 5. The molecule has 0 spiro atoms. The van der Waals surface area contributed by atoms with E-state index >= 15 is 0 Å². The molecule has 25 heavy (non-hydrogen) atoms. The van der Waals surface area contributed by atoms with E-state index in [0.717, 1.165) is 49.8 Å². The van der Waals surface area contributed by atoms with Crippen molar-refractivity contribution < 1.29 is 4.42 Å². The maximum absolute atomic E-state index is 6.01. The predicted molar refractivity (Wildman–Crippen MR) is 99.7 cm³/mol. The molecule has 3 heterocycles. The van der Waals surface area contributed by atoms with Gasteiger partial charge in [-0.05, 0) is 31.2 Å². The van der Waals surface area contributed by atoms with Gasteiger partial charge in [-0.15, -0.1) is 0 Å². The molecule has 5 aromatic rings. The smallest absolute Gasteiger partial charge is 0.186 e. The van der Waals surface area contributed by atoms with Crippen molar-refractivity contribution in [2.24, 2.45) is 0 Å². The fourth-order valence-corrected chi connectivity index (χ4v) is 3.86. The molecule has 0 saturated carbocycles. The van der Waals surface area contributed by atoms with Crippen LogP contribution < -0.4 is 0 Å². The number of para-hydroxylation sites is 3. The average molecular weight is 346 g/mol. The number of aromatic amines is 1. The number of nitrogens with one attached hydrogen (secondary N) is 1. The summed E-state index contributed by atoms with van der Waals surface area (Å²) in [5, 5.41) is 1.87. The summed E-state index contributed by atoms with van der Waals surface area (Å²) in [6, 6.07) is 16.0. The molecule has 0 aliphatic rings. The summed E-state index contributed by atoms with van der Waals surface area (Å²) in [5.74, 6) is 2.36. The first-order chi connectivity index (χ1) is 12.3. The Morgan fingerprint density at radius 2 is 1.84 bits per heavy atom. The fourth-order valence-electron chi connectivity index (χ4n) is 2.98. The molecular weight excluding hydrogens is 332 g/mol. The minimum atomic E-state index is 0.692. The Bertz CT molecular complexity index is 1190. The first-order valence-electron chi connectivity index (χ1n) is 8.00. The summed E-state index contributed by atoms with van der Waals surface area (Å²) in [5.41, 5.74) is 4.47. The van der Waals surface area contributed by atoms with Crippen molar-refractivity contribution in [2.75, 3.05) is 0 Å². The first kappa shape index (κ1) is 14.5. The number of imidazole rings is 1. The van der Waals surface area contributed by atoms with Crippen molar-refractivity contribution in [3.8, 4) is 0 Å². The van der Waals surface area contributed by atoms with Crippen LogP contribution in [0.5, 0.6) is 0 Å². The van der Waals surface area contributed by atoms with E-state index in [9.17, 15) is 0 Å². The highest BCUT2D eigenvalue weighted by Gasteiger charge is 2.15. The second kappa shape index (κ2) is 5.60. The summed E-state index contributed by atoms with van der Waals surface area (Å²) < 4.78 is 6.01. The van der Waals surface area contributed by atoms with Crippen molar-refractivity contribution in [1.82, 2.24) is 19.9 Å². The SMILES string of the molecule is Cc1nc(SCc2nc3ccccc3[nH]2)c2oc3ccccc3c2n1. The molecule has 0 fully saturated rings. The quantitative estimate of drug-likeness (QED) is 0.373. The van der Waals surface area contributed by atoms with Crippen LogP contribution in [0, 0.1) is 6.92 Å². The lowest BCUT2D eigenvalue weighted by atomic mass is 10.2. The van der Waals surface area contributed by atoms with Gasteiger partial charge in [-0.1, -0.05) is 36.0 Å². The molecule has 0 saturated heterocycles. The van der Waals surface area contributed by atoms with E-state index in [1.807, 2.05) is 55.5 Å². The topological polar surface area (TPSA) is 67.6 Å². The van der Waals surface area contributed by atoms with Gasteiger partial charge in [0.15, 0.2) is 5.58 Å². The van der Waals surface area contributed by atoms with Crippen LogP contribution >= 0.6 is 11.8 Å². The van der Waals surface area contributed by atoms with E-state index in [-0.39, 0.29) is 0 Å². The maximum atomic E-state index is 6.01. The number of hydrogen-bond donors (Lipinski definition) is 1. The zero-order valence-electron chi connectivity index (χ0n) is 13.5. The first-order valence-corrected chi connectivity index (χ1v) is 8.99. The van der Waals surface area contributed by atoms with E-state index in [1.165, 1.54) is 0 Å². The minimum Gasteiger partial charge on any atom is -0.451 e. The lowest BCUT2D eigenvalue weighted by Crippen LogP contribution is -1.92. The lowest BCUT2D eigenvalue weighted by Gasteiger charge is -2.01. The van der Waals surface area contributed by atoms with E-state index in [0.29, 0.717) is 5.75 Å². The second-order valence-electron chi connectivity index (χ2n) is 5.84. The molecule has 0 amide bonds. The summed E-state index contributed by atoms with van der Waals surface area (Å²) in [7, 11) is 0. The zero-order valence-corrected chi connectivity index (χ0v) is 14.3. The average Bonchev–Trinajstić information content (AvgIpc) is 3.20. The standard InChI is InChI=1S/C19H14N4OS/c1-11-20-17-12-6-2-5-9-15(12)24-18(17)19(21-11)25-10-16-22-13-7-3-4-8-14(13)23-16/h2-9H,10H2,1H3,(H,22,23). The maximum Gasteiger partial charge on any atom is 0.186 e. The highest BCUT2D eigenvalue weighted by molar-refractivity contribution is 7.98. The number of furan rings is 1. The van der Waals surface area contributed by atoms with Crippen LogP contribution in [0.3, 0.4) is 0 Å². The Labute approximate surface area is 147 Å². The highest BCUT2D eigenvalue weighted by atomic mass is 32.2. The van der Waals surface area contributed by atoms with Gasteiger partial charge in [0, 0.05) is 5.39 Å². The minimum absolute atomic E-state index is 0.692. The monoisotopic (exact) mass is 346 g/mol. The van der Waals surface area contributed by atoms with Gasteiger partial charge in [-0.3, -0.25) is 0 Å². The molecule has 5 rings (SSSR count). The summed E-state index contributed by atoms with van der Waals surface area (Å²) >= 11 is 1.61. The Balaban J connectivity index is 1.55. The zero-order chi connectivity index (χ0) is 16.8. The normalized spacial score (nSPS) is 11.7. The van der Waals surface area contributed by atoms with Crippen LogP contribution in [0.2, 0.25) is 0 Å². The molecule has 0 radical (unpaired) electrons. The van der Waals surface area contributed by atoms with E-state index in [4.69, 9.17) is 4.42 Å². The van der Waals surface area contributed by atoms with Gasteiger partial charge in [-0.2, -0.15) is 0 Å². The highest BCUT2D eigenvalue weighted by Crippen LogP contribution is 2.34. The van der Waals surface area contributed by atoms with Gasteiger partial charge in [0.1, 0.15) is 27.8 Å². The number of H-pyrrole nitrogens is 1. The molecule has 122 valence electrons. The van der Waals surface area contributed by atoms with Crippen LogP contribution in [0.1, 0.15) is 11.6 Å². The van der Waals surface area contributed by atoms with Gasteiger partial charge in [0.2, 0.25) is 0 Å². The summed E-state index contributed by atoms with van der Waals surface area (Å²) in [6.07, 6.45) is 0. The number of fused-ring (bicyclic) bond motifs is 4. The predicted octanol–water partition coefficient (Wildman–Crippen LogP) is 4.85.